The van der Waals surface area contributed by atoms with Gasteiger partial charge in [0.15, 0.2) is 0 Å². The third kappa shape index (κ3) is 3.13. The van der Waals surface area contributed by atoms with E-state index in [0.717, 1.165) is 40.6 Å². The van der Waals surface area contributed by atoms with Crippen LogP contribution < -0.4 is 10.2 Å². The van der Waals surface area contributed by atoms with Crippen molar-refractivity contribution in [1.82, 2.24) is 20.3 Å². The molecule has 0 bridgehead atoms. The fraction of sp³-hybridized carbons (Fsp3) is 0.471. The molecule has 24 heavy (non-hydrogen) atoms. The standard InChI is InChI=1S/C17H21N5OS/c23-17(19-9-12-3-1-2-4-12)14-10-22(7-8-24-14)16-13-5-6-18-15(13)20-11-21-16/h5-6,10-12H,1-4,7-9H2,(H,19,23)(H,18,20,21). The Kier molecular flexibility index (Phi) is 4.42. The Balaban J connectivity index is 1.50. The summed E-state index contributed by atoms with van der Waals surface area (Å²) >= 11 is 1.62. The zero-order chi connectivity index (χ0) is 16.4. The summed E-state index contributed by atoms with van der Waals surface area (Å²) in [5, 5.41) is 4.08. The number of carbonyl (C=O) groups is 1. The number of H-pyrrole nitrogens is 1. The maximum absolute atomic E-state index is 12.5. The van der Waals surface area contributed by atoms with Crippen LogP contribution in [0.15, 0.2) is 29.7 Å². The predicted octanol–water partition coefficient (Wildman–Crippen LogP) is 2.66. The normalized spacial score (nSPS) is 18.8. The molecule has 126 valence electrons. The lowest BCUT2D eigenvalue weighted by molar-refractivity contribution is -0.117. The summed E-state index contributed by atoms with van der Waals surface area (Å²) in [7, 11) is 0. The third-order valence-electron chi connectivity index (χ3n) is 4.72. The summed E-state index contributed by atoms with van der Waals surface area (Å²) in [5.74, 6) is 2.41. The third-order valence-corrected chi connectivity index (χ3v) is 5.71. The number of rotatable bonds is 4. The van der Waals surface area contributed by atoms with Gasteiger partial charge in [-0.1, -0.05) is 12.8 Å². The van der Waals surface area contributed by atoms with E-state index in [1.807, 2.05) is 18.5 Å². The van der Waals surface area contributed by atoms with Crippen LogP contribution in [0, 0.1) is 5.92 Å². The van der Waals surface area contributed by atoms with Crippen LogP contribution in [-0.2, 0) is 4.79 Å². The smallest absolute Gasteiger partial charge is 0.259 e. The summed E-state index contributed by atoms with van der Waals surface area (Å²) in [6.45, 7) is 1.63. The second kappa shape index (κ2) is 6.84. The number of aromatic nitrogens is 3. The van der Waals surface area contributed by atoms with Crippen LogP contribution in [0.25, 0.3) is 11.0 Å². The van der Waals surface area contributed by atoms with Crippen molar-refractivity contribution >= 4 is 34.5 Å². The Labute approximate surface area is 145 Å². The van der Waals surface area contributed by atoms with E-state index in [-0.39, 0.29) is 5.91 Å². The number of hydrogen-bond acceptors (Lipinski definition) is 5. The molecule has 3 heterocycles. The monoisotopic (exact) mass is 343 g/mol. The molecule has 6 nitrogen and oxygen atoms in total. The molecule has 2 aromatic heterocycles. The first kappa shape index (κ1) is 15.5. The van der Waals surface area contributed by atoms with Crippen LogP contribution in [0.4, 0.5) is 5.82 Å². The van der Waals surface area contributed by atoms with Gasteiger partial charge in [-0.3, -0.25) is 4.79 Å². The van der Waals surface area contributed by atoms with E-state index in [0.29, 0.717) is 5.92 Å². The largest absolute Gasteiger partial charge is 0.351 e. The minimum Gasteiger partial charge on any atom is -0.351 e. The SMILES string of the molecule is O=C(NCC1CCCC1)C1=CN(c2ncnc3[nH]ccc23)CCS1. The molecule has 4 rings (SSSR count). The highest BCUT2D eigenvalue weighted by molar-refractivity contribution is 8.04. The lowest BCUT2D eigenvalue weighted by atomic mass is 10.1. The number of hydrogen-bond donors (Lipinski definition) is 2. The number of nitrogens with one attached hydrogen (secondary N) is 2. The molecule has 1 amide bonds. The highest BCUT2D eigenvalue weighted by atomic mass is 32.2. The van der Waals surface area contributed by atoms with E-state index in [2.05, 4.69) is 25.2 Å². The zero-order valence-electron chi connectivity index (χ0n) is 13.5. The summed E-state index contributed by atoms with van der Waals surface area (Å²) in [6.07, 6.45) is 10.4. The Bertz CT molecular complexity index is 765. The molecule has 2 N–H and O–H groups in total. The highest BCUT2D eigenvalue weighted by Gasteiger charge is 2.22. The van der Waals surface area contributed by atoms with E-state index in [4.69, 9.17) is 0 Å². The molecule has 1 aliphatic heterocycles. The van der Waals surface area contributed by atoms with E-state index in [9.17, 15) is 4.79 Å². The molecule has 0 spiro atoms. The van der Waals surface area contributed by atoms with Gasteiger partial charge in [0.2, 0.25) is 0 Å². The van der Waals surface area contributed by atoms with E-state index >= 15 is 0 Å². The maximum atomic E-state index is 12.5. The number of nitrogens with zero attached hydrogens (tertiary/aromatic N) is 3. The van der Waals surface area contributed by atoms with Crippen molar-refractivity contribution in [2.75, 3.05) is 23.7 Å². The first-order valence-electron chi connectivity index (χ1n) is 8.49. The number of thioether (sulfide) groups is 1. The molecule has 1 saturated carbocycles. The topological polar surface area (TPSA) is 73.9 Å². The molecule has 2 aromatic rings. The van der Waals surface area contributed by atoms with Crippen LogP contribution in [-0.4, -0.2) is 39.7 Å². The maximum Gasteiger partial charge on any atom is 0.259 e. The number of aromatic amines is 1. The first-order chi connectivity index (χ1) is 11.8. The van der Waals surface area contributed by atoms with Gasteiger partial charge >= 0.3 is 0 Å². The second-order valence-corrected chi connectivity index (χ2v) is 7.47. The molecule has 0 radical (unpaired) electrons. The van der Waals surface area contributed by atoms with Crippen LogP contribution in [0.2, 0.25) is 0 Å². The van der Waals surface area contributed by atoms with Gasteiger partial charge in [0.05, 0.1) is 10.3 Å². The zero-order valence-corrected chi connectivity index (χ0v) is 14.3. The summed E-state index contributed by atoms with van der Waals surface area (Å²) in [4.78, 5) is 27.0. The Morgan fingerprint density at radius 3 is 3.12 bits per heavy atom. The van der Waals surface area contributed by atoms with Crippen molar-refractivity contribution in [3.8, 4) is 0 Å². The van der Waals surface area contributed by atoms with Crippen LogP contribution in [0.1, 0.15) is 25.7 Å². The van der Waals surface area contributed by atoms with Gasteiger partial charge in [-0.15, -0.1) is 11.8 Å². The van der Waals surface area contributed by atoms with E-state index in [1.54, 1.807) is 18.1 Å². The number of amides is 1. The highest BCUT2D eigenvalue weighted by Crippen LogP contribution is 2.29. The van der Waals surface area contributed by atoms with Crippen LogP contribution in [0.5, 0.6) is 0 Å². The quantitative estimate of drug-likeness (QED) is 0.893. The van der Waals surface area contributed by atoms with Crippen molar-refractivity contribution in [3.63, 3.8) is 0 Å². The van der Waals surface area contributed by atoms with Gasteiger partial charge in [-0.2, -0.15) is 0 Å². The average molecular weight is 343 g/mol. The lowest BCUT2D eigenvalue weighted by Gasteiger charge is -2.25. The fourth-order valence-electron chi connectivity index (χ4n) is 3.41. The predicted molar refractivity (Wildman–Crippen MR) is 96.7 cm³/mol. The minimum atomic E-state index is 0.0379. The molecule has 1 aliphatic carbocycles. The molecule has 2 aliphatic rings. The van der Waals surface area contributed by atoms with Gasteiger partial charge in [0.1, 0.15) is 17.8 Å². The molecule has 1 fully saturated rings. The van der Waals surface area contributed by atoms with Gasteiger partial charge in [-0.05, 0) is 24.8 Å². The van der Waals surface area contributed by atoms with Crippen LogP contribution >= 0.6 is 11.8 Å². The summed E-state index contributed by atoms with van der Waals surface area (Å²) in [6, 6.07) is 1.97. The minimum absolute atomic E-state index is 0.0379. The second-order valence-electron chi connectivity index (χ2n) is 6.33. The van der Waals surface area contributed by atoms with Gasteiger partial charge in [0.25, 0.3) is 5.91 Å². The van der Waals surface area contributed by atoms with Crippen molar-refractivity contribution in [1.29, 1.82) is 0 Å². The molecule has 0 aromatic carbocycles. The molecule has 0 unspecified atom stereocenters. The van der Waals surface area contributed by atoms with Crippen LogP contribution in [0.3, 0.4) is 0 Å². The van der Waals surface area contributed by atoms with Crippen molar-refractivity contribution in [3.05, 3.63) is 29.7 Å². The number of fused-ring (bicyclic) bond motifs is 1. The van der Waals surface area contributed by atoms with Gasteiger partial charge in [-0.25, -0.2) is 9.97 Å². The van der Waals surface area contributed by atoms with Crippen molar-refractivity contribution in [2.24, 2.45) is 5.92 Å². The summed E-state index contributed by atoms with van der Waals surface area (Å²) < 4.78 is 0. The summed E-state index contributed by atoms with van der Waals surface area (Å²) in [5.41, 5.74) is 0.818. The van der Waals surface area contributed by atoms with Gasteiger partial charge in [0, 0.05) is 31.2 Å². The Morgan fingerprint density at radius 2 is 2.25 bits per heavy atom. The molecular formula is C17H21N5OS. The molecular weight excluding hydrogens is 322 g/mol. The fourth-order valence-corrected chi connectivity index (χ4v) is 4.33. The van der Waals surface area contributed by atoms with E-state index < -0.39 is 0 Å². The first-order valence-corrected chi connectivity index (χ1v) is 9.47. The number of carbonyl (C=O) groups excluding carboxylic acids is 1. The molecule has 0 saturated heterocycles. The Morgan fingerprint density at radius 1 is 1.38 bits per heavy atom. The molecule has 0 atom stereocenters. The van der Waals surface area contributed by atoms with Crippen molar-refractivity contribution in [2.45, 2.75) is 25.7 Å². The Hall–Kier alpha value is -2.02. The number of anilines is 1. The van der Waals surface area contributed by atoms with Crippen molar-refractivity contribution < 1.29 is 4.79 Å². The molecule has 7 heteroatoms. The van der Waals surface area contributed by atoms with Gasteiger partial charge < -0.3 is 15.2 Å². The van der Waals surface area contributed by atoms with E-state index in [1.165, 1.54) is 25.7 Å². The average Bonchev–Trinajstić information content (AvgIpc) is 3.30. The lowest BCUT2D eigenvalue weighted by Crippen LogP contribution is -2.33.